The quantitative estimate of drug-likeness (QED) is 0.943. The van der Waals surface area contributed by atoms with Gasteiger partial charge in [-0.3, -0.25) is 4.98 Å². The summed E-state index contributed by atoms with van der Waals surface area (Å²) in [4.78, 5) is 12.4. The van der Waals surface area contributed by atoms with E-state index in [1.54, 1.807) is 25.5 Å². The minimum absolute atomic E-state index is 0.488. The lowest BCUT2D eigenvalue weighted by Crippen LogP contribution is -1.98. The lowest BCUT2D eigenvalue weighted by Gasteiger charge is -2.07. The van der Waals surface area contributed by atoms with Crippen LogP contribution in [0, 0.1) is 6.92 Å². The molecule has 0 saturated carbocycles. The molecule has 0 aromatic carbocycles. The standard InChI is InChI=1S/C11H11BrN4O/c1-7-15-10(13-2)4-11(16-7)17-9-3-8(12)5-14-6-9/h3-6H,1-2H3,(H,13,15,16). The molecule has 0 unspecified atom stereocenters. The fourth-order valence-corrected chi connectivity index (χ4v) is 1.63. The zero-order valence-corrected chi connectivity index (χ0v) is 11.0. The zero-order valence-electron chi connectivity index (χ0n) is 9.44. The summed E-state index contributed by atoms with van der Waals surface area (Å²) in [6, 6.07) is 3.55. The molecule has 2 aromatic rings. The lowest BCUT2D eigenvalue weighted by atomic mass is 10.4. The number of hydrogen-bond acceptors (Lipinski definition) is 5. The molecule has 5 nitrogen and oxygen atoms in total. The molecular formula is C11H11BrN4O. The van der Waals surface area contributed by atoms with Gasteiger partial charge in [0.1, 0.15) is 17.4 Å². The molecule has 6 heteroatoms. The van der Waals surface area contributed by atoms with E-state index in [1.165, 1.54) is 0 Å². The maximum absolute atomic E-state index is 5.60. The first-order valence-electron chi connectivity index (χ1n) is 4.99. The normalized spacial score (nSPS) is 10.1. The Kier molecular flexibility index (Phi) is 3.53. The lowest BCUT2D eigenvalue weighted by molar-refractivity contribution is 0.458. The molecule has 88 valence electrons. The number of rotatable bonds is 3. The monoisotopic (exact) mass is 294 g/mol. The molecule has 0 aliphatic rings. The topological polar surface area (TPSA) is 59.9 Å². The van der Waals surface area contributed by atoms with Gasteiger partial charge in [0.25, 0.3) is 0 Å². The van der Waals surface area contributed by atoms with Crippen LogP contribution in [-0.4, -0.2) is 22.0 Å². The van der Waals surface area contributed by atoms with Gasteiger partial charge in [-0.25, -0.2) is 4.98 Å². The van der Waals surface area contributed by atoms with Crippen molar-refractivity contribution >= 4 is 21.7 Å². The maximum Gasteiger partial charge on any atom is 0.224 e. The third-order valence-corrected chi connectivity index (χ3v) is 2.41. The van der Waals surface area contributed by atoms with E-state index >= 15 is 0 Å². The zero-order chi connectivity index (χ0) is 12.3. The van der Waals surface area contributed by atoms with E-state index in [9.17, 15) is 0 Å². The van der Waals surface area contributed by atoms with Crippen LogP contribution in [0.2, 0.25) is 0 Å². The smallest absolute Gasteiger partial charge is 0.224 e. The number of ether oxygens (including phenoxy) is 1. The molecule has 0 amide bonds. The Morgan fingerprint density at radius 1 is 1.24 bits per heavy atom. The second-order valence-corrected chi connectivity index (χ2v) is 4.25. The van der Waals surface area contributed by atoms with Gasteiger partial charge in [-0.05, 0) is 28.9 Å². The predicted molar refractivity (Wildman–Crippen MR) is 68.3 cm³/mol. The summed E-state index contributed by atoms with van der Waals surface area (Å²) in [5.74, 6) is 2.48. The molecule has 0 fully saturated rings. The highest BCUT2D eigenvalue weighted by atomic mass is 79.9. The van der Waals surface area contributed by atoms with Crippen LogP contribution in [0.15, 0.2) is 29.0 Å². The average Bonchev–Trinajstić information content (AvgIpc) is 2.28. The number of aromatic nitrogens is 3. The van der Waals surface area contributed by atoms with Gasteiger partial charge in [-0.15, -0.1) is 0 Å². The highest BCUT2D eigenvalue weighted by Crippen LogP contribution is 2.23. The third kappa shape index (κ3) is 3.13. The van der Waals surface area contributed by atoms with Gasteiger partial charge in [0.15, 0.2) is 0 Å². The van der Waals surface area contributed by atoms with Crippen molar-refractivity contribution in [1.82, 2.24) is 15.0 Å². The highest BCUT2D eigenvalue weighted by Gasteiger charge is 2.03. The molecule has 0 atom stereocenters. The number of nitrogens with zero attached hydrogens (tertiary/aromatic N) is 3. The summed E-state index contributed by atoms with van der Waals surface area (Å²) in [5.41, 5.74) is 0. The highest BCUT2D eigenvalue weighted by molar-refractivity contribution is 9.10. The number of nitrogens with one attached hydrogen (secondary N) is 1. The number of hydrogen-bond donors (Lipinski definition) is 1. The van der Waals surface area contributed by atoms with Crippen molar-refractivity contribution in [2.45, 2.75) is 6.92 Å². The van der Waals surface area contributed by atoms with Crippen LogP contribution in [-0.2, 0) is 0 Å². The summed E-state index contributed by atoms with van der Waals surface area (Å²) in [5, 5.41) is 2.95. The Hall–Kier alpha value is -1.69. The Labute approximate surface area is 107 Å². The van der Waals surface area contributed by atoms with E-state index in [1.807, 2.05) is 13.0 Å². The van der Waals surface area contributed by atoms with Gasteiger partial charge in [-0.1, -0.05) is 0 Å². The van der Waals surface area contributed by atoms with Crippen LogP contribution >= 0.6 is 15.9 Å². The molecule has 0 saturated heterocycles. The first-order chi connectivity index (χ1) is 8.17. The van der Waals surface area contributed by atoms with Crippen LogP contribution in [0.3, 0.4) is 0 Å². The second-order valence-electron chi connectivity index (χ2n) is 3.33. The summed E-state index contributed by atoms with van der Waals surface area (Å²) in [6.07, 6.45) is 3.32. The number of anilines is 1. The summed E-state index contributed by atoms with van der Waals surface area (Å²) in [7, 11) is 1.80. The van der Waals surface area contributed by atoms with Crippen molar-refractivity contribution in [2.24, 2.45) is 0 Å². The third-order valence-electron chi connectivity index (χ3n) is 1.97. The molecule has 2 heterocycles. The van der Waals surface area contributed by atoms with Crippen LogP contribution in [0.5, 0.6) is 11.6 Å². The minimum Gasteiger partial charge on any atom is -0.437 e. The average molecular weight is 295 g/mol. The van der Waals surface area contributed by atoms with Crippen molar-refractivity contribution in [3.05, 3.63) is 34.8 Å². The SMILES string of the molecule is CNc1cc(Oc2cncc(Br)c2)nc(C)n1. The molecule has 17 heavy (non-hydrogen) atoms. The Morgan fingerprint density at radius 2 is 2.06 bits per heavy atom. The molecule has 0 spiro atoms. The van der Waals surface area contributed by atoms with E-state index in [0.29, 0.717) is 17.5 Å². The number of aryl methyl sites for hydroxylation is 1. The molecule has 0 aliphatic carbocycles. The van der Waals surface area contributed by atoms with E-state index in [4.69, 9.17) is 4.74 Å². The Bertz CT molecular complexity index is 533. The Morgan fingerprint density at radius 3 is 2.76 bits per heavy atom. The van der Waals surface area contributed by atoms with Crippen molar-refractivity contribution in [3.63, 3.8) is 0 Å². The van der Waals surface area contributed by atoms with E-state index in [0.717, 1.165) is 10.3 Å². The largest absolute Gasteiger partial charge is 0.437 e. The minimum atomic E-state index is 0.488. The van der Waals surface area contributed by atoms with Gasteiger partial charge in [0, 0.05) is 23.8 Å². The molecular weight excluding hydrogens is 284 g/mol. The van der Waals surface area contributed by atoms with Crippen LogP contribution in [0.1, 0.15) is 5.82 Å². The van der Waals surface area contributed by atoms with Crippen LogP contribution < -0.4 is 10.1 Å². The van der Waals surface area contributed by atoms with E-state index in [-0.39, 0.29) is 0 Å². The van der Waals surface area contributed by atoms with Gasteiger partial charge in [-0.2, -0.15) is 4.98 Å². The molecule has 1 N–H and O–H groups in total. The summed E-state index contributed by atoms with van der Waals surface area (Å²) < 4.78 is 6.46. The number of halogens is 1. The molecule has 2 aromatic heterocycles. The van der Waals surface area contributed by atoms with E-state index in [2.05, 4.69) is 36.2 Å². The summed E-state index contributed by atoms with van der Waals surface area (Å²) in [6.45, 7) is 1.81. The second kappa shape index (κ2) is 5.09. The molecule has 0 bridgehead atoms. The van der Waals surface area contributed by atoms with Gasteiger partial charge >= 0.3 is 0 Å². The van der Waals surface area contributed by atoms with Crippen molar-refractivity contribution in [2.75, 3.05) is 12.4 Å². The van der Waals surface area contributed by atoms with Gasteiger partial charge in [0.2, 0.25) is 5.88 Å². The van der Waals surface area contributed by atoms with Crippen molar-refractivity contribution in [3.8, 4) is 11.6 Å². The van der Waals surface area contributed by atoms with E-state index < -0.39 is 0 Å². The fourth-order valence-electron chi connectivity index (χ4n) is 1.29. The number of pyridine rings is 1. The van der Waals surface area contributed by atoms with Gasteiger partial charge in [0.05, 0.1) is 6.20 Å². The van der Waals surface area contributed by atoms with Crippen molar-refractivity contribution in [1.29, 1.82) is 0 Å². The fraction of sp³-hybridized carbons (Fsp3) is 0.182. The predicted octanol–water partition coefficient (Wildman–Crippen LogP) is 2.78. The molecule has 0 aliphatic heterocycles. The van der Waals surface area contributed by atoms with Crippen LogP contribution in [0.4, 0.5) is 5.82 Å². The van der Waals surface area contributed by atoms with Gasteiger partial charge < -0.3 is 10.1 Å². The first kappa shape index (κ1) is 11.8. The molecule has 2 rings (SSSR count). The first-order valence-corrected chi connectivity index (χ1v) is 5.78. The van der Waals surface area contributed by atoms with Crippen molar-refractivity contribution < 1.29 is 4.74 Å². The maximum atomic E-state index is 5.60. The van der Waals surface area contributed by atoms with Crippen LogP contribution in [0.25, 0.3) is 0 Å². The molecule has 0 radical (unpaired) electrons. The Balaban J connectivity index is 2.26. The summed E-state index contributed by atoms with van der Waals surface area (Å²) >= 11 is 3.33.